The fraction of sp³-hybridized carbons (Fsp3) is 0.222. The third-order valence-corrected chi connectivity index (χ3v) is 3.07. The van der Waals surface area contributed by atoms with E-state index in [1.807, 2.05) is 24.3 Å². The highest BCUT2D eigenvalue weighted by Gasteiger charge is 2.13. The topological polar surface area (TPSA) is 98.8 Å². The summed E-state index contributed by atoms with van der Waals surface area (Å²) >= 11 is 0. The molecule has 0 saturated heterocycles. The minimum absolute atomic E-state index is 0.296. The number of azide groups is 1. The van der Waals surface area contributed by atoms with Crippen molar-refractivity contribution in [2.24, 2.45) is 5.11 Å². The van der Waals surface area contributed by atoms with Gasteiger partial charge in [0.1, 0.15) is 5.60 Å². The van der Waals surface area contributed by atoms with E-state index in [0.717, 1.165) is 16.3 Å². The van der Waals surface area contributed by atoms with Gasteiger partial charge in [0.2, 0.25) is 0 Å². The van der Waals surface area contributed by atoms with E-state index in [9.17, 15) is 4.79 Å². The van der Waals surface area contributed by atoms with Crippen LogP contribution < -0.4 is 0 Å². The summed E-state index contributed by atoms with van der Waals surface area (Å²) in [5, 5.41) is 14.3. The molecule has 0 aliphatic rings. The first-order chi connectivity index (χ1) is 11.3. The van der Waals surface area contributed by atoms with Crippen molar-refractivity contribution in [3.05, 3.63) is 58.0 Å². The highest BCUT2D eigenvalue weighted by Crippen LogP contribution is 2.27. The minimum atomic E-state index is -0.538. The number of carbonyl (C=O) groups excluding carboxylic acids is 1. The average Bonchev–Trinajstić information content (AvgIpc) is 2.51. The quantitative estimate of drug-likeness (QED) is 0.261. The predicted octanol–water partition coefficient (Wildman–Crippen LogP) is 5.01. The van der Waals surface area contributed by atoms with E-state index in [1.165, 1.54) is 6.08 Å². The van der Waals surface area contributed by atoms with Crippen LogP contribution in [0.25, 0.3) is 27.3 Å². The Labute approximate surface area is 139 Å². The van der Waals surface area contributed by atoms with Crippen LogP contribution in [0.2, 0.25) is 0 Å². The normalized spacial score (nSPS) is 11.1. The molecule has 0 bridgehead atoms. The Bertz CT molecular complexity index is 911. The molecule has 0 aromatic heterocycles. The van der Waals surface area contributed by atoms with Crippen LogP contribution in [0.15, 0.2) is 41.5 Å². The maximum absolute atomic E-state index is 11.7. The molecule has 0 saturated carbocycles. The molecule has 2 aromatic rings. The van der Waals surface area contributed by atoms with Gasteiger partial charge >= 0.3 is 5.97 Å². The number of nitrogens with zero attached hydrogens (tertiary/aromatic N) is 4. The largest absolute Gasteiger partial charge is 0.457 e. The van der Waals surface area contributed by atoms with E-state index in [1.54, 1.807) is 39.0 Å². The number of rotatable bonds is 3. The first kappa shape index (κ1) is 17.1. The second-order valence-electron chi connectivity index (χ2n) is 6.14. The summed E-state index contributed by atoms with van der Waals surface area (Å²) in [6.07, 6.45) is 3.02. The van der Waals surface area contributed by atoms with Crippen LogP contribution in [0.5, 0.6) is 0 Å². The molecular weight excluding hydrogens is 304 g/mol. The van der Waals surface area contributed by atoms with E-state index in [4.69, 9.17) is 15.5 Å². The third-order valence-electron chi connectivity index (χ3n) is 3.07. The maximum atomic E-state index is 11.7. The van der Waals surface area contributed by atoms with Gasteiger partial charge in [0.15, 0.2) is 0 Å². The number of hydrogen-bond donors (Lipinski definition) is 0. The number of nitriles is 1. The van der Waals surface area contributed by atoms with Crippen molar-refractivity contribution in [2.45, 2.75) is 26.4 Å². The van der Waals surface area contributed by atoms with E-state index < -0.39 is 11.6 Å². The summed E-state index contributed by atoms with van der Waals surface area (Å²) in [6, 6.07) is 10.8. The summed E-state index contributed by atoms with van der Waals surface area (Å²) in [7, 11) is 0. The second kappa shape index (κ2) is 6.86. The van der Waals surface area contributed by atoms with Crippen LogP contribution in [0.3, 0.4) is 0 Å². The number of carbonyl (C=O) groups is 1. The fourth-order valence-corrected chi connectivity index (χ4v) is 2.13. The first-order valence-electron chi connectivity index (χ1n) is 7.26. The molecule has 0 radical (unpaired) electrons. The van der Waals surface area contributed by atoms with Gasteiger partial charge in [0.05, 0.1) is 17.3 Å². The van der Waals surface area contributed by atoms with Crippen LogP contribution in [-0.2, 0) is 9.53 Å². The summed E-state index contributed by atoms with van der Waals surface area (Å²) in [6.45, 7) is 5.42. The zero-order valence-corrected chi connectivity index (χ0v) is 13.6. The van der Waals surface area contributed by atoms with Crippen LogP contribution in [-0.4, -0.2) is 11.6 Å². The summed E-state index contributed by atoms with van der Waals surface area (Å²) < 4.78 is 5.21. The van der Waals surface area contributed by atoms with Gasteiger partial charge in [-0.05, 0) is 66.9 Å². The zero-order valence-electron chi connectivity index (χ0n) is 13.6. The van der Waals surface area contributed by atoms with E-state index in [-0.39, 0.29) is 0 Å². The molecular formula is C18H16N4O2. The fourth-order valence-electron chi connectivity index (χ4n) is 2.13. The van der Waals surface area contributed by atoms with Crippen molar-refractivity contribution in [1.29, 1.82) is 5.26 Å². The first-order valence-corrected chi connectivity index (χ1v) is 7.26. The van der Waals surface area contributed by atoms with Crippen molar-refractivity contribution in [1.82, 2.24) is 0 Å². The van der Waals surface area contributed by atoms with Crippen LogP contribution in [0, 0.1) is 11.3 Å². The Morgan fingerprint density at radius 1 is 1.29 bits per heavy atom. The molecule has 2 rings (SSSR count). The monoisotopic (exact) mass is 320 g/mol. The molecule has 0 N–H and O–H groups in total. The van der Waals surface area contributed by atoms with Crippen molar-refractivity contribution < 1.29 is 9.53 Å². The van der Waals surface area contributed by atoms with Gasteiger partial charge in [0.25, 0.3) is 0 Å². The summed E-state index contributed by atoms with van der Waals surface area (Å²) in [5.74, 6) is -0.418. The second-order valence-corrected chi connectivity index (χ2v) is 6.14. The van der Waals surface area contributed by atoms with Gasteiger partial charge in [-0.3, -0.25) is 0 Å². The highest BCUT2D eigenvalue weighted by atomic mass is 16.6. The smallest absolute Gasteiger partial charge is 0.331 e. The molecule has 0 spiro atoms. The van der Waals surface area contributed by atoms with Crippen molar-refractivity contribution in [3.63, 3.8) is 0 Å². The molecule has 24 heavy (non-hydrogen) atoms. The molecule has 0 atom stereocenters. The molecule has 6 heteroatoms. The average molecular weight is 320 g/mol. The van der Waals surface area contributed by atoms with Gasteiger partial charge < -0.3 is 4.74 Å². The molecule has 0 fully saturated rings. The van der Waals surface area contributed by atoms with Crippen LogP contribution in [0.4, 0.5) is 5.69 Å². The Balaban J connectivity index is 2.35. The molecule has 0 amide bonds. The predicted molar refractivity (Wildman–Crippen MR) is 92.3 cm³/mol. The molecule has 6 nitrogen and oxygen atoms in total. The van der Waals surface area contributed by atoms with Gasteiger partial charge in [0, 0.05) is 11.0 Å². The molecule has 2 aromatic carbocycles. The summed E-state index contributed by atoms with van der Waals surface area (Å²) in [4.78, 5) is 14.4. The minimum Gasteiger partial charge on any atom is -0.457 e. The maximum Gasteiger partial charge on any atom is 0.331 e. The Morgan fingerprint density at radius 3 is 2.67 bits per heavy atom. The lowest BCUT2D eigenvalue weighted by atomic mass is 10.0. The van der Waals surface area contributed by atoms with Gasteiger partial charge in [-0.1, -0.05) is 17.2 Å². The number of esters is 1. The van der Waals surface area contributed by atoms with Crippen molar-refractivity contribution in [2.75, 3.05) is 0 Å². The van der Waals surface area contributed by atoms with Gasteiger partial charge in [-0.15, -0.1) is 0 Å². The Morgan fingerprint density at radius 2 is 2.04 bits per heavy atom. The zero-order chi connectivity index (χ0) is 17.7. The molecule has 120 valence electrons. The van der Waals surface area contributed by atoms with Crippen molar-refractivity contribution in [3.8, 4) is 6.07 Å². The van der Waals surface area contributed by atoms with E-state index in [2.05, 4.69) is 10.0 Å². The van der Waals surface area contributed by atoms with Gasteiger partial charge in [-0.25, -0.2) is 4.79 Å². The molecule has 0 aliphatic carbocycles. The van der Waals surface area contributed by atoms with E-state index in [0.29, 0.717) is 11.3 Å². The number of ether oxygens (including phenoxy) is 1. The molecule has 0 unspecified atom stereocenters. The van der Waals surface area contributed by atoms with Crippen LogP contribution in [0.1, 0.15) is 31.9 Å². The number of benzene rings is 2. The lowest BCUT2D eigenvalue weighted by Gasteiger charge is -2.17. The SMILES string of the molecule is CC(C)(C)OC(=O)/C=C/c1ccc2cc(N=[N+]=[N-])c(C#N)cc2c1. The lowest BCUT2D eigenvalue weighted by Crippen LogP contribution is -2.22. The third kappa shape index (κ3) is 4.35. The summed E-state index contributed by atoms with van der Waals surface area (Å²) in [5.41, 5.74) is 9.41. The van der Waals surface area contributed by atoms with Gasteiger partial charge in [-0.2, -0.15) is 5.26 Å². The number of fused-ring (bicyclic) bond motifs is 1. The number of hydrogen-bond acceptors (Lipinski definition) is 4. The van der Waals surface area contributed by atoms with Crippen LogP contribution >= 0.6 is 0 Å². The standard InChI is InChI=1S/C18H16N4O2/c1-18(2,3)24-17(23)7-5-12-4-6-13-10-16(21-22-20)15(11-19)9-14(13)8-12/h4-10H,1-3H3/b7-5+. The molecule has 0 aliphatic heterocycles. The highest BCUT2D eigenvalue weighted by molar-refractivity contribution is 5.91. The van der Waals surface area contributed by atoms with E-state index >= 15 is 0 Å². The molecule has 0 heterocycles. The Kier molecular flexibility index (Phi) is 4.88. The lowest BCUT2D eigenvalue weighted by molar-refractivity contribution is -0.148. The Hall–Kier alpha value is -3.29. The van der Waals surface area contributed by atoms with Crippen molar-refractivity contribution >= 4 is 28.5 Å².